The monoisotopic (exact) mass is 281 g/mol. The van der Waals surface area contributed by atoms with E-state index in [0.717, 1.165) is 16.9 Å². The minimum atomic E-state index is -0.112. The number of amides is 1. The lowest BCUT2D eigenvalue weighted by atomic mass is 10.2. The Morgan fingerprint density at radius 3 is 2.72 bits per heavy atom. The van der Waals surface area contributed by atoms with Gasteiger partial charge in [-0.05, 0) is 38.0 Å². The summed E-state index contributed by atoms with van der Waals surface area (Å²) in [5.41, 5.74) is 1.54. The Hall–Kier alpha value is -1.45. The van der Waals surface area contributed by atoms with E-state index in [0.29, 0.717) is 17.0 Å². The number of nitrogens with one attached hydrogen (secondary N) is 2. The summed E-state index contributed by atoms with van der Waals surface area (Å²) in [5.74, 6) is -0.112. The third kappa shape index (κ3) is 3.52. The van der Waals surface area contributed by atoms with Crippen molar-refractivity contribution in [1.82, 2.24) is 5.32 Å². The van der Waals surface area contributed by atoms with Gasteiger partial charge in [0.1, 0.15) is 11.1 Å². The number of anilines is 1. The van der Waals surface area contributed by atoms with Crippen molar-refractivity contribution >= 4 is 39.6 Å². The fourth-order valence-corrected chi connectivity index (χ4v) is 2.70. The Balaban J connectivity index is 2.74. The van der Waals surface area contributed by atoms with Gasteiger partial charge in [0.15, 0.2) is 5.11 Å². The number of thiocarbonyl (C=S) groups is 1. The van der Waals surface area contributed by atoms with E-state index in [9.17, 15) is 4.79 Å². The summed E-state index contributed by atoms with van der Waals surface area (Å²) in [7, 11) is 0. The molecule has 96 valence electrons. The summed E-state index contributed by atoms with van der Waals surface area (Å²) >= 11 is 6.50. The molecule has 6 heteroatoms. The lowest BCUT2D eigenvalue weighted by Crippen LogP contribution is -2.33. The number of nitrogens with zero attached hydrogens (tertiary/aromatic N) is 1. The van der Waals surface area contributed by atoms with Crippen molar-refractivity contribution in [1.29, 1.82) is 5.26 Å². The Morgan fingerprint density at radius 2 is 2.17 bits per heavy atom. The quantitative estimate of drug-likeness (QED) is 0.836. The van der Waals surface area contributed by atoms with E-state index in [1.165, 1.54) is 11.3 Å². The van der Waals surface area contributed by atoms with Crippen molar-refractivity contribution < 1.29 is 4.79 Å². The van der Waals surface area contributed by atoms with E-state index >= 15 is 0 Å². The molecule has 0 aliphatic rings. The number of carbonyl (C=O) groups excluding carboxylic acids is 1. The molecule has 0 aromatic carbocycles. The van der Waals surface area contributed by atoms with Crippen LogP contribution in [-0.2, 0) is 4.79 Å². The van der Waals surface area contributed by atoms with Crippen molar-refractivity contribution in [2.75, 3.05) is 5.32 Å². The second kappa shape index (κ2) is 6.47. The van der Waals surface area contributed by atoms with Gasteiger partial charge in [0.25, 0.3) is 0 Å². The van der Waals surface area contributed by atoms with Crippen LogP contribution in [0, 0.1) is 25.2 Å². The first kappa shape index (κ1) is 14.6. The Kier molecular flexibility index (Phi) is 5.25. The van der Waals surface area contributed by atoms with Gasteiger partial charge < -0.3 is 10.6 Å². The lowest BCUT2D eigenvalue weighted by molar-refractivity contribution is -0.119. The van der Waals surface area contributed by atoms with Crippen LogP contribution < -0.4 is 10.6 Å². The number of rotatable bonds is 3. The normalized spacial score (nSPS) is 9.67. The molecule has 0 radical (unpaired) electrons. The third-order valence-electron chi connectivity index (χ3n) is 2.45. The van der Waals surface area contributed by atoms with Crippen LogP contribution in [-0.4, -0.2) is 11.0 Å². The van der Waals surface area contributed by atoms with Gasteiger partial charge in [0, 0.05) is 11.3 Å². The topological polar surface area (TPSA) is 64.9 Å². The fourth-order valence-electron chi connectivity index (χ4n) is 1.40. The van der Waals surface area contributed by atoms with Crippen LogP contribution in [0.1, 0.15) is 35.8 Å². The van der Waals surface area contributed by atoms with E-state index < -0.39 is 0 Å². The van der Waals surface area contributed by atoms with Crippen LogP contribution in [0.25, 0.3) is 0 Å². The summed E-state index contributed by atoms with van der Waals surface area (Å²) in [6.45, 7) is 5.77. The molecule has 0 bridgehead atoms. The molecule has 0 aliphatic carbocycles. The maximum absolute atomic E-state index is 11.4. The molecular weight excluding hydrogens is 266 g/mol. The highest BCUT2D eigenvalue weighted by Crippen LogP contribution is 2.31. The molecule has 1 heterocycles. The Bertz CT molecular complexity index is 514. The number of nitriles is 1. The molecule has 0 atom stereocenters. The smallest absolute Gasteiger partial charge is 0.226 e. The van der Waals surface area contributed by atoms with Gasteiger partial charge >= 0.3 is 0 Å². The second-order valence-corrected chi connectivity index (χ2v) is 5.48. The third-order valence-corrected chi connectivity index (χ3v) is 3.78. The van der Waals surface area contributed by atoms with E-state index in [4.69, 9.17) is 17.5 Å². The largest absolute Gasteiger partial charge is 0.323 e. The number of thiophene rings is 1. The maximum atomic E-state index is 11.4. The average Bonchev–Trinajstić information content (AvgIpc) is 2.54. The number of carbonyl (C=O) groups is 1. The zero-order valence-electron chi connectivity index (χ0n) is 10.6. The van der Waals surface area contributed by atoms with Gasteiger partial charge in [-0.2, -0.15) is 5.26 Å². The Morgan fingerprint density at radius 1 is 1.50 bits per heavy atom. The summed E-state index contributed by atoms with van der Waals surface area (Å²) in [4.78, 5) is 12.4. The molecule has 4 nitrogen and oxygen atoms in total. The molecule has 1 rings (SSSR count). The van der Waals surface area contributed by atoms with Crippen LogP contribution in [0.4, 0.5) is 5.00 Å². The highest BCUT2D eigenvalue weighted by Gasteiger charge is 2.13. The van der Waals surface area contributed by atoms with Crippen molar-refractivity contribution in [3.05, 3.63) is 16.0 Å². The van der Waals surface area contributed by atoms with Gasteiger partial charge in [-0.1, -0.05) is 6.92 Å². The summed E-state index contributed by atoms with van der Waals surface area (Å²) < 4.78 is 0. The molecular formula is C12H15N3OS2. The fraction of sp³-hybridized carbons (Fsp3) is 0.417. The van der Waals surface area contributed by atoms with Crippen molar-refractivity contribution in [2.45, 2.75) is 33.6 Å². The van der Waals surface area contributed by atoms with Gasteiger partial charge in [-0.25, -0.2) is 0 Å². The maximum Gasteiger partial charge on any atom is 0.226 e. The molecule has 0 spiro atoms. The van der Waals surface area contributed by atoms with Crippen LogP contribution >= 0.6 is 23.6 Å². The van der Waals surface area contributed by atoms with Crippen LogP contribution in [0.3, 0.4) is 0 Å². The molecule has 2 N–H and O–H groups in total. The predicted octanol–water partition coefficient (Wildman–Crippen LogP) is 2.85. The number of hydrogen-bond donors (Lipinski definition) is 2. The van der Waals surface area contributed by atoms with E-state index in [-0.39, 0.29) is 11.0 Å². The minimum absolute atomic E-state index is 0.112. The van der Waals surface area contributed by atoms with Gasteiger partial charge in [0.05, 0.1) is 5.56 Å². The van der Waals surface area contributed by atoms with Gasteiger partial charge in [-0.15, -0.1) is 11.3 Å². The van der Waals surface area contributed by atoms with Gasteiger partial charge in [0.2, 0.25) is 5.91 Å². The zero-order chi connectivity index (χ0) is 13.7. The first-order chi connectivity index (χ1) is 8.49. The number of hydrogen-bond acceptors (Lipinski definition) is 4. The van der Waals surface area contributed by atoms with Crippen molar-refractivity contribution in [3.8, 4) is 6.07 Å². The molecule has 1 aromatic heterocycles. The molecule has 0 saturated carbocycles. The van der Waals surface area contributed by atoms with Crippen molar-refractivity contribution in [3.63, 3.8) is 0 Å². The molecule has 0 fully saturated rings. The van der Waals surface area contributed by atoms with Crippen LogP contribution in [0.2, 0.25) is 0 Å². The average molecular weight is 281 g/mol. The summed E-state index contributed by atoms with van der Waals surface area (Å²) in [5, 5.41) is 15.5. The first-order valence-electron chi connectivity index (χ1n) is 5.60. The highest BCUT2D eigenvalue weighted by atomic mass is 32.1. The van der Waals surface area contributed by atoms with Gasteiger partial charge in [-0.3, -0.25) is 4.79 Å². The Labute approximate surface area is 116 Å². The minimum Gasteiger partial charge on any atom is -0.323 e. The molecule has 0 unspecified atom stereocenters. The second-order valence-electron chi connectivity index (χ2n) is 3.85. The molecule has 0 aliphatic heterocycles. The number of aryl methyl sites for hydroxylation is 1. The summed E-state index contributed by atoms with van der Waals surface area (Å²) in [6.07, 6.45) is 1.21. The molecule has 0 saturated heterocycles. The SMILES string of the molecule is CCCC(=O)NC(=S)Nc1sc(C)c(C)c1C#N. The molecule has 1 aromatic rings. The molecule has 1 amide bonds. The summed E-state index contributed by atoms with van der Waals surface area (Å²) in [6, 6.07) is 2.14. The van der Waals surface area contributed by atoms with E-state index in [2.05, 4.69) is 16.7 Å². The van der Waals surface area contributed by atoms with E-state index in [1.807, 2.05) is 20.8 Å². The van der Waals surface area contributed by atoms with Crippen LogP contribution in [0.15, 0.2) is 0 Å². The van der Waals surface area contributed by atoms with Crippen LogP contribution in [0.5, 0.6) is 0 Å². The zero-order valence-corrected chi connectivity index (χ0v) is 12.2. The van der Waals surface area contributed by atoms with Crippen molar-refractivity contribution in [2.24, 2.45) is 0 Å². The lowest BCUT2D eigenvalue weighted by Gasteiger charge is -2.07. The standard InChI is InChI=1S/C12H15N3OS2/c1-4-5-10(16)14-12(17)15-11-9(6-13)7(2)8(3)18-11/h4-5H2,1-3H3,(H2,14,15,16,17). The first-order valence-corrected chi connectivity index (χ1v) is 6.83. The molecule has 18 heavy (non-hydrogen) atoms. The van der Waals surface area contributed by atoms with E-state index in [1.54, 1.807) is 0 Å². The predicted molar refractivity (Wildman–Crippen MR) is 77.8 cm³/mol. The highest BCUT2D eigenvalue weighted by molar-refractivity contribution is 7.80.